The van der Waals surface area contributed by atoms with Crippen LogP contribution >= 0.6 is 12.4 Å². The van der Waals surface area contributed by atoms with E-state index >= 15 is 0 Å². The van der Waals surface area contributed by atoms with Crippen LogP contribution in [0.3, 0.4) is 0 Å². The smallest absolute Gasteiger partial charge is 0.223 e. The first-order valence-electron chi connectivity index (χ1n) is 7.52. The van der Waals surface area contributed by atoms with E-state index in [9.17, 15) is 13.6 Å². The van der Waals surface area contributed by atoms with Gasteiger partial charge in [-0.25, -0.2) is 8.78 Å². The lowest BCUT2D eigenvalue weighted by Crippen LogP contribution is -2.34. The van der Waals surface area contributed by atoms with Gasteiger partial charge in [0.25, 0.3) is 0 Å². The number of halogens is 3. The molecule has 1 saturated heterocycles. The molecule has 1 spiro atoms. The van der Waals surface area contributed by atoms with Gasteiger partial charge in [0.2, 0.25) is 5.91 Å². The summed E-state index contributed by atoms with van der Waals surface area (Å²) in [6.45, 7) is 2.41. The molecule has 2 N–H and O–H groups in total. The van der Waals surface area contributed by atoms with Crippen LogP contribution in [-0.4, -0.2) is 25.5 Å². The van der Waals surface area contributed by atoms with Gasteiger partial charge in [-0.2, -0.15) is 0 Å². The third-order valence-electron chi connectivity index (χ3n) is 4.74. The highest BCUT2D eigenvalue weighted by Gasteiger charge is 2.57. The fourth-order valence-corrected chi connectivity index (χ4v) is 3.40. The van der Waals surface area contributed by atoms with Crippen LogP contribution < -0.4 is 10.6 Å². The number of amides is 1. The molecule has 1 atom stereocenters. The van der Waals surface area contributed by atoms with Gasteiger partial charge in [0.1, 0.15) is 11.6 Å². The molecule has 1 aromatic carbocycles. The highest BCUT2D eigenvalue weighted by atomic mass is 35.5. The van der Waals surface area contributed by atoms with Crippen molar-refractivity contribution in [2.45, 2.75) is 25.7 Å². The lowest BCUT2D eigenvalue weighted by Gasteiger charge is -2.23. The van der Waals surface area contributed by atoms with Gasteiger partial charge in [-0.05, 0) is 61.9 Å². The zero-order valence-electron chi connectivity index (χ0n) is 12.3. The Kier molecular flexibility index (Phi) is 5.40. The molecule has 1 aliphatic carbocycles. The molecule has 1 unspecified atom stereocenters. The molecule has 0 bridgehead atoms. The van der Waals surface area contributed by atoms with Crippen molar-refractivity contribution < 1.29 is 13.6 Å². The zero-order valence-corrected chi connectivity index (χ0v) is 13.1. The summed E-state index contributed by atoms with van der Waals surface area (Å²) in [6, 6.07) is 3.47. The van der Waals surface area contributed by atoms with E-state index in [1.54, 1.807) is 0 Å². The van der Waals surface area contributed by atoms with Crippen molar-refractivity contribution in [2.75, 3.05) is 19.6 Å². The number of carbonyl (C=O) groups excluding carboxylic acids is 1. The van der Waals surface area contributed by atoms with E-state index in [0.29, 0.717) is 18.5 Å². The first-order chi connectivity index (χ1) is 10.1. The van der Waals surface area contributed by atoms with Crippen LogP contribution in [-0.2, 0) is 11.2 Å². The molecular formula is C16H21ClF2N2O. The molecule has 3 nitrogen and oxygen atoms in total. The van der Waals surface area contributed by atoms with Crippen LogP contribution in [0.2, 0.25) is 0 Å². The van der Waals surface area contributed by atoms with Crippen LogP contribution in [0.25, 0.3) is 0 Å². The van der Waals surface area contributed by atoms with Gasteiger partial charge in [-0.15, -0.1) is 12.4 Å². The van der Waals surface area contributed by atoms with Gasteiger partial charge in [-0.3, -0.25) is 4.79 Å². The third kappa shape index (κ3) is 3.76. The zero-order chi connectivity index (χ0) is 14.9. The minimum absolute atomic E-state index is 0. The second kappa shape index (κ2) is 6.92. The molecule has 1 amide bonds. The largest absolute Gasteiger partial charge is 0.356 e. The highest BCUT2D eigenvalue weighted by Crippen LogP contribution is 2.58. The SMILES string of the molecule is Cl.O=C(NCCc1cc(F)cc(F)c1)C1CC12CCNCC2. The van der Waals surface area contributed by atoms with E-state index < -0.39 is 11.6 Å². The topological polar surface area (TPSA) is 41.1 Å². The number of benzene rings is 1. The molecule has 6 heteroatoms. The summed E-state index contributed by atoms with van der Waals surface area (Å²) in [4.78, 5) is 12.1. The molecule has 22 heavy (non-hydrogen) atoms. The third-order valence-corrected chi connectivity index (χ3v) is 4.74. The Labute approximate surface area is 135 Å². The Morgan fingerprint density at radius 1 is 1.23 bits per heavy atom. The lowest BCUT2D eigenvalue weighted by atomic mass is 9.92. The first-order valence-corrected chi connectivity index (χ1v) is 7.52. The fraction of sp³-hybridized carbons (Fsp3) is 0.562. The van der Waals surface area contributed by atoms with Gasteiger partial charge in [0.15, 0.2) is 0 Å². The Morgan fingerprint density at radius 2 is 1.86 bits per heavy atom. The maximum atomic E-state index is 13.1. The van der Waals surface area contributed by atoms with Crippen molar-refractivity contribution in [1.29, 1.82) is 0 Å². The van der Waals surface area contributed by atoms with Crippen LogP contribution in [0.4, 0.5) is 8.78 Å². The Balaban J connectivity index is 0.00000176. The summed E-state index contributed by atoms with van der Waals surface area (Å²) in [5, 5.41) is 6.21. The van der Waals surface area contributed by atoms with Crippen LogP contribution in [0.5, 0.6) is 0 Å². The van der Waals surface area contributed by atoms with E-state index in [-0.39, 0.29) is 29.6 Å². The van der Waals surface area contributed by atoms with Gasteiger partial charge in [-0.1, -0.05) is 0 Å². The second-order valence-corrected chi connectivity index (χ2v) is 6.19. The fourth-order valence-electron chi connectivity index (χ4n) is 3.40. The summed E-state index contributed by atoms with van der Waals surface area (Å²) in [7, 11) is 0. The van der Waals surface area contributed by atoms with E-state index in [1.165, 1.54) is 12.1 Å². The number of nitrogens with one attached hydrogen (secondary N) is 2. The Morgan fingerprint density at radius 3 is 2.50 bits per heavy atom. The molecule has 1 aromatic rings. The standard InChI is InChI=1S/C16H20F2N2O.ClH/c17-12-7-11(8-13(18)9-12)1-4-20-15(21)14-10-16(14)2-5-19-6-3-16;/h7-9,14,19H,1-6,10H2,(H,20,21);1H. The van der Waals surface area contributed by atoms with Crippen LogP contribution in [0, 0.1) is 23.0 Å². The highest BCUT2D eigenvalue weighted by molar-refractivity contribution is 5.85. The maximum Gasteiger partial charge on any atom is 0.223 e. The van der Waals surface area contributed by atoms with Crippen LogP contribution in [0.15, 0.2) is 18.2 Å². The lowest BCUT2D eigenvalue weighted by molar-refractivity contribution is -0.123. The molecule has 1 aliphatic heterocycles. The average Bonchev–Trinajstić information content (AvgIpc) is 3.12. The number of carbonyl (C=O) groups is 1. The normalized spacial score (nSPS) is 22.0. The Bertz CT molecular complexity index is 527. The molecule has 3 rings (SSSR count). The maximum absolute atomic E-state index is 13.1. The van der Waals surface area contributed by atoms with Gasteiger partial charge in [0, 0.05) is 18.5 Å². The van der Waals surface area contributed by atoms with E-state index in [4.69, 9.17) is 0 Å². The summed E-state index contributed by atoms with van der Waals surface area (Å²) in [5.74, 6) is -0.933. The van der Waals surface area contributed by atoms with Crippen molar-refractivity contribution in [3.05, 3.63) is 35.4 Å². The molecule has 0 aromatic heterocycles. The van der Waals surface area contributed by atoms with E-state index in [1.807, 2.05) is 0 Å². The second-order valence-electron chi connectivity index (χ2n) is 6.19. The quantitative estimate of drug-likeness (QED) is 0.890. The number of hydrogen-bond donors (Lipinski definition) is 2. The van der Waals surface area contributed by atoms with E-state index in [2.05, 4.69) is 10.6 Å². The molecule has 2 fully saturated rings. The number of rotatable bonds is 4. The minimum atomic E-state index is -0.577. The van der Waals surface area contributed by atoms with Gasteiger partial charge >= 0.3 is 0 Å². The van der Waals surface area contributed by atoms with Crippen molar-refractivity contribution in [2.24, 2.45) is 11.3 Å². The first kappa shape index (κ1) is 17.2. The van der Waals surface area contributed by atoms with Crippen molar-refractivity contribution in [1.82, 2.24) is 10.6 Å². The van der Waals surface area contributed by atoms with Crippen molar-refractivity contribution in [3.63, 3.8) is 0 Å². The molecular weight excluding hydrogens is 310 g/mol. The van der Waals surface area contributed by atoms with Gasteiger partial charge < -0.3 is 10.6 Å². The summed E-state index contributed by atoms with van der Waals surface area (Å²) in [6.07, 6.45) is 3.57. The Hall–Kier alpha value is -1.20. The van der Waals surface area contributed by atoms with Crippen molar-refractivity contribution in [3.8, 4) is 0 Å². The van der Waals surface area contributed by atoms with E-state index in [0.717, 1.165) is 38.4 Å². The molecule has 122 valence electrons. The van der Waals surface area contributed by atoms with Crippen molar-refractivity contribution >= 4 is 18.3 Å². The number of hydrogen-bond acceptors (Lipinski definition) is 2. The molecule has 0 radical (unpaired) electrons. The molecule has 2 aliphatic rings. The summed E-state index contributed by atoms with van der Waals surface area (Å²) in [5.41, 5.74) is 0.792. The predicted molar refractivity (Wildman–Crippen MR) is 83.0 cm³/mol. The number of piperidine rings is 1. The van der Waals surface area contributed by atoms with Gasteiger partial charge in [0.05, 0.1) is 0 Å². The average molecular weight is 331 g/mol. The minimum Gasteiger partial charge on any atom is -0.356 e. The molecule has 1 heterocycles. The van der Waals surface area contributed by atoms with Crippen LogP contribution in [0.1, 0.15) is 24.8 Å². The summed E-state index contributed by atoms with van der Waals surface area (Å²) >= 11 is 0. The predicted octanol–water partition coefficient (Wildman–Crippen LogP) is 2.44. The monoisotopic (exact) mass is 330 g/mol. The molecule has 1 saturated carbocycles. The summed E-state index contributed by atoms with van der Waals surface area (Å²) < 4.78 is 26.1.